The first kappa shape index (κ1) is 11.0. The van der Waals surface area contributed by atoms with Gasteiger partial charge in [0.1, 0.15) is 0 Å². The molecule has 1 aromatic carbocycles. The molecular formula is C13H16N2O. The van der Waals surface area contributed by atoms with Gasteiger partial charge in [-0.05, 0) is 30.5 Å². The van der Waals surface area contributed by atoms with Gasteiger partial charge in [-0.1, -0.05) is 12.1 Å². The summed E-state index contributed by atoms with van der Waals surface area (Å²) in [4.78, 5) is 0. The van der Waals surface area contributed by atoms with Gasteiger partial charge in [0, 0.05) is 18.8 Å². The Morgan fingerprint density at radius 1 is 1.38 bits per heavy atom. The van der Waals surface area contributed by atoms with E-state index in [1.54, 1.807) is 7.11 Å². The maximum atomic E-state index is 8.56. The first-order valence-electron chi connectivity index (χ1n) is 5.57. The van der Waals surface area contributed by atoms with E-state index in [0.29, 0.717) is 18.6 Å². The van der Waals surface area contributed by atoms with Crippen molar-refractivity contribution in [3.63, 3.8) is 0 Å². The first-order chi connectivity index (χ1) is 7.81. The fourth-order valence-electron chi connectivity index (χ4n) is 1.92. The van der Waals surface area contributed by atoms with Gasteiger partial charge in [-0.2, -0.15) is 5.26 Å². The minimum absolute atomic E-state index is 0.426. The molecule has 0 radical (unpaired) electrons. The average Bonchev–Trinajstić information content (AvgIpc) is 2.25. The molecule has 0 unspecified atom stereocenters. The smallest absolute Gasteiger partial charge is 0.0669 e. The van der Waals surface area contributed by atoms with E-state index in [1.165, 1.54) is 0 Å². The summed E-state index contributed by atoms with van der Waals surface area (Å²) in [6.45, 7) is 0. The third-order valence-corrected chi connectivity index (χ3v) is 3.04. The molecule has 0 bridgehead atoms. The van der Waals surface area contributed by atoms with E-state index >= 15 is 0 Å². The molecule has 1 fully saturated rings. The van der Waals surface area contributed by atoms with Crippen LogP contribution in [0.25, 0.3) is 0 Å². The predicted molar refractivity (Wildman–Crippen MR) is 63.2 cm³/mol. The predicted octanol–water partition coefficient (Wildman–Crippen LogP) is 2.34. The lowest BCUT2D eigenvalue weighted by Crippen LogP contribution is -2.40. The molecule has 2 rings (SSSR count). The second-order valence-electron chi connectivity index (χ2n) is 4.20. The largest absolute Gasteiger partial charge is 0.382 e. The number of methoxy groups -OCH3 is 1. The summed E-state index contributed by atoms with van der Waals surface area (Å²) in [5.41, 5.74) is 2.19. The number of hydrogen-bond acceptors (Lipinski definition) is 3. The molecule has 0 aliphatic heterocycles. The first-order valence-corrected chi connectivity index (χ1v) is 5.57. The Kier molecular flexibility index (Phi) is 3.43. The van der Waals surface area contributed by atoms with Gasteiger partial charge in [0.25, 0.3) is 0 Å². The fourth-order valence-corrected chi connectivity index (χ4v) is 1.92. The van der Waals surface area contributed by atoms with E-state index in [-0.39, 0.29) is 0 Å². The minimum Gasteiger partial charge on any atom is -0.382 e. The fraction of sp³-hybridized carbons (Fsp3) is 0.462. The Labute approximate surface area is 96.0 Å². The van der Waals surface area contributed by atoms with E-state index in [1.807, 2.05) is 24.3 Å². The Balaban J connectivity index is 1.84. The van der Waals surface area contributed by atoms with Crippen LogP contribution in [0.2, 0.25) is 0 Å². The van der Waals surface area contributed by atoms with E-state index in [4.69, 9.17) is 10.00 Å². The highest BCUT2D eigenvalue weighted by Crippen LogP contribution is 2.26. The second kappa shape index (κ2) is 5.00. The van der Waals surface area contributed by atoms with Crippen LogP contribution in [0.3, 0.4) is 0 Å². The molecule has 3 heteroatoms. The maximum Gasteiger partial charge on any atom is 0.0669 e. The van der Waals surface area contributed by atoms with Crippen LogP contribution in [-0.4, -0.2) is 19.3 Å². The third kappa shape index (κ3) is 2.53. The molecule has 0 amide bonds. The van der Waals surface area contributed by atoms with Crippen LogP contribution in [0.15, 0.2) is 24.3 Å². The number of nitrogens with zero attached hydrogens (tertiary/aromatic N) is 1. The lowest BCUT2D eigenvalue weighted by molar-refractivity contribution is 0.0329. The molecule has 0 aromatic heterocycles. The number of rotatable bonds is 4. The van der Waals surface area contributed by atoms with Crippen LogP contribution in [0, 0.1) is 11.3 Å². The van der Waals surface area contributed by atoms with Crippen LogP contribution in [0.5, 0.6) is 0 Å². The quantitative estimate of drug-likeness (QED) is 0.840. The Bertz CT molecular complexity index is 374. The van der Waals surface area contributed by atoms with Crippen LogP contribution in [-0.2, 0) is 11.2 Å². The van der Waals surface area contributed by atoms with Crippen molar-refractivity contribution in [2.24, 2.45) is 0 Å². The lowest BCUT2D eigenvalue weighted by Gasteiger charge is -2.35. The summed E-state index contributed by atoms with van der Waals surface area (Å²) >= 11 is 0. The summed E-state index contributed by atoms with van der Waals surface area (Å²) < 4.78 is 5.23. The molecule has 3 nitrogen and oxygen atoms in total. The molecule has 0 saturated heterocycles. The molecule has 16 heavy (non-hydrogen) atoms. The molecule has 0 heterocycles. The molecule has 1 aliphatic rings. The van der Waals surface area contributed by atoms with Gasteiger partial charge in [-0.3, -0.25) is 0 Å². The van der Waals surface area contributed by atoms with Crippen molar-refractivity contribution < 1.29 is 4.74 Å². The third-order valence-electron chi connectivity index (χ3n) is 3.04. The number of hydrogen-bond donors (Lipinski definition) is 1. The number of nitrogens with one attached hydrogen (secondary N) is 1. The highest BCUT2D eigenvalue weighted by molar-refractivity contribution is 5.46. The highest BCUT2D eigenvalue weighted by atomic mass is 16.5. The number of ether oxygens (including phenoxy) is 1. The summed E-state index contributed by atoms with van der Waals surface area (Å²) in [6.07, 6.45) is 3.07. The van der Waals surface area contributed by atoms with Crippen LogP contribution in [0.4, 0.5) is 5.69 Å². The zero-order chi connectivity index (χ0) is 11.4. The molecule has 0 atom stereocenters. The molecule has 1 saturated carbocycles. The van der Waals surface area contributed by atoms with Crippen molar-refractivity contribution in [2.45, 2.75) is 31.4 Å². The summed E-state index contributed by atoms with van der Waals surface area (Å²) in [5.74, 6) is 0. The monoisotopic (exact) mass is 216 g/mol. The molecule has 0 spiro atoms. The lowest BCUT2D eigenvalue weighted by atomic mass is 9.89. The molecule has 1 N–H and O–H groups in total. The van der Waals surface area contributed by atoms with Crippen molar-refractivity contribution in [3.8, 4) is 6.07 Å². The topological polar surface area (TPSA) is 45.0 Å². The maximum absolute atomic E-state index is 8.56. The minimum atomic E-state index is 0.426. The normalized spacial score (nSPS) is 23.2. The van der Waals surface area contributed by atoms with Crippen molar-refractivity contribution in [1.29, 1.82) is 5.26 Å². The number of anilines is 1. The average molecular weight is 216 g/mol. The van der Waals surface area contributed by atoms with E-state index in [2.05, 4.69) is 11.4 Å². The van der Waals surface area contributed by atoms with Gasteiger partial charge in [-0.15, -0.1) is 0 Å². The van der Waals surface area contributed by atoms with Gasteiger partial charge in [0.05, 0.1) is 18.6 Å². The van der Waals surface area contributed by atoms with Gasteiger partial charge in [-0.25, -0.2) is 0 Å². The molecule has 1 aliphatic carbocycles. The van der Waals surface area contributed by atoms with Crippen molar-refractivity contribution in [2.75, 3.05) is 12.4 Å². The van der Waals surface area contributed by atoms with Crippen LogP contribution in [0.1, 0.15) is 18.4 Å². The Morgan fingerprint density at radius 2 is 2.06 bits per heavy atom. The zero-order valence-electron chi connectivity index (χ0n) is 9.44. The Hall–Kier alpha value is -1.53. The Morgan fingerprint density at radius 3 is 2.62 bits per heavy atom. The SMILES string of the molecule is COC1CC(Nc2ccc(CC#N)cc2)C1. The highest BCUT2D eigenvalue weighted by Gasteiger charge is 2.28. The summed E-state index contributed by atoms with van der Waals surface area (Å²) in [6, 6.07) is 10.7. The molecular weight excluding hydrogens is 200 g/mol. The van der Waals surface area contributed by atoms with Crippen molar-refractivity contribution in [3.05, 3.63) is 29.8 Å². The van der Waals surface area contributed by atoms with Crippen molar-refractivity contribution in [1.82, 2.24) is 0 Å². The van der Waals surface area contributed by atoms with Crippen LogP contribution < -0.4 is 5.32 Å². The summed E-state index contributed by atoms with van der Waals surface area (Å²) in [5, 5.41) is 12.0. The zero-order valence-corrected chi connectivity index (χ0v) is 9.44. The van der Waals surface area contributed by atoms with Gasteiger partial charge < -0.3 is 10.1 Å². The van der Waals surface area contributed by atoms with Crippen LogP contribution >= 0.6 is 0 Å². The van der Waals surface area contributed by atoms with Gasteiger partial charge in [0.15, 0.2) is 0 Å². The van der Waals surface area contributed by atoms with Crippen molar-refractivity contribution >= 4 is 5.69 Å². The van der Waals surface area contributed by atoms with E-state index in [0.717, 1.165) is 24.1 Å². The van der Waals surface area contributed by atoms with E-state index in [9.17, 15) is 0 Å². The number of nitriles is 1. The number of benzene rings is 1. The second-order valence-corrected chi connectivity index (χ2v) is 4.20. The van der Waals surface area contributed by atoms with Gasteiger partial charge >= 0.3 is 0 Å². The summed E-state index contributed by atoms with van der Waals surface area (Å²) in [7, 11) is 1.76. The van der Waals surface area contributed by atoms with Gasteiger partial charge in [0.2, 0.25) is 0 Å². The standard InChI is InChI=1S/C13H16N2O/c1-16-13-8-12(9-13)15-11-4-2-10(3-5-11)6-7-14/h2-5,12-13,15H,6,8-9H2,1H3. The molecule has 1 aromatic rings. The molecule has 84 valence electrons. The van der Waals surface area contributed by atoms with E-state index < -0.39 is 0 Å².